The topological polar surface area (TPSA) is 126 Å². The van der Waals surface area contributed by atoms with Gasteiger partial charge in [0.2, 0.25) is 5.91 Å². The molecule has 0 bridgehead atoms. The van der Waals surface area contributed by atoms with Crippen molar-refractivity contribution in [1.82, 2.24) is 9.78 Å². The number of rotatable bonds is 8. The first-order chi connectivity index (χ1) is 13.9. The molecule has 0 radical (unpaired) electrons. The molecule has 11 heteroatoms. The zero-order valence-electron chi connectivity index (χ0n) is 16.2. The van der Waals surface area contributed by atoms with Crippen molar-refractivity contribution in [3.05, 3.63) is 32.3 Å². The van der Waals surface area contributed by atoms with Gasteiger partial charge in [-0.05, 0) is 38.2 Å². The first kappa shape index (κ1) is 20.8. The molecule has 29 heavy (non-hydrogen) atoms. The van der Waals surface area contributed by atoms with Gasteiger partial charge >= 0.3 is 17.5 Å². The molecule has 0 saturated carbocycles. The van der Waals surface area contributed by atoms with Gasteiger partial charge in [0.05, 0.1) is 30.7 Å². The largest absolute Gasteiger partial charge is 0.475 e. The molecule has 1 aliphatic carbocycles. The summed E-state index contributed by atoms with van der Waals surface area (Å²) in [5.74, 6) is -0.841. The van der Waals surface area contributed by atoms with Crippen molar-refractivity contribution in [3.63, 3.8) is 0 Å². The molecular formula is C18H22N4O6S. The van der Waals surface area contributed by atoms with Crippen molar-refractivity contribution in [1.29, 1.82) is 0 Å². The summed E-state index contributed by atoms with van der Waals surface area (Å²) in [5, 5.41) is 18.2. The number of hydrogen-bond acceptors (Lipinski definition) is 8. The summed E-state index contributed by atoms with van der Waals surface area (Å²) in [6.07, 6.45) is 5.00. The Morgan fingerprint density at radius 3 is 2.79 bits per heavy atom. The van der Waals surface area contributed by atoms with Crippen LogP contribution in [0.25, 0.3) is 0 Å². The van der Waals surface area contributed by atoms with E-state index in [0.717, 1.165) is 36.1 Å². The van der Waals surface area contributed by atoms with E-state index in [2.05, 4.69) is 10.4 Å². The monoisotopic (exact) mass is 422 g/mol. The highest BCUT2D eigenvalue weighted by atomic mass is 32.1. The fourth-order valence-electron chi connectivity index (χ4n) is 3.26. The quantitative estimate of drug-likeness (QED) is 0.394. The lowest BCUT2D eigenvalue weighted by Gasteiger charge is -2.12. The van der Waals surface area contributed by atoms with Crippen LogP contribution in [0.3, 0.4) is 0 Å². The van der Waals surface area contributed by atoms with E-state index < -0.39 is 10.9 Å². The number of carbonyl (C=O) groups excluding carboxylic acids is 2. The Morgan fingerprint density at radius 2 is 2.14 bits per heavy atom. The lowest BCUT2D eigenvalue weighted by Crippen LogP contribution is -2.17. The molecule has 3 rings (SSSR count). The molecule has 0 aromatic carbocycles. The van der Waals surface area contributed by atoms with Gasteiger partial charge in [0.25, 0.3) is 0 Å². The van der Waals surface area contributed by atoms with Crippen molar-refractivity contribution in [2.24, 2.45) is 0 Å². The number of anilines is 1. The third kappa shape index (κ3) is 4.56. The van der Waals surface area contributed by atoms with Crippen LogP contribution in [0, 0.1) is 10.1 Å². The second kappa shape index (κ2) is 9.03. The zero-order valence-corrected chi connectivity index (χ0v) is 17.0. The molecule has 1 N–H and O–H groups in total. The second-order valence-electron chi connectivity index (χ2n) is 6.48. The van der Waals surface area contributed by atoms with Crippen LogP contribution < -0.4 is 10.1 Å². The molecule has 2 aromatic heterocycles. The molecule has 2 heterocycles. The first-order valence-corrected chi connectivity index (χ1v) is 10.1. The molecule has 0 saturated heterocycles. The number of hydrogen-bond donors (Lipinski definition) is 1. The van der Waals surface area contributed by atoms with Gasteiger partial charge in [-0.2, -0.15) is 0 Å². The van der Waals surface area contributed by atoms with E-state index in [0.29, 0.717) is 10.6 Å². The van der Waals surface area contributed by atoms with E-state index >= 15 is 0 Å². The molecule has 0 aliphatic heterocycles. The predicted octanol–water partition coefficient (Wildman–Crippen LogP) is 2.95. The maximum Gasteiger partial charge on any atom is 0.350 e. The third-order valence-corrected chi connectivity index (χ3v) is 5.78. The summed E-state index contributed by atoms with van der Waals surface area (Å²) in [7, 11) is 1.29. The SMILES string of the molecule is CCOC(=O)c1c(NC(=O)CCn2cc([N+](=O)[O-])c(OC)n2)sc2c1CCCC2. The number of methoxy groups -OCH3 is 1. The molecular weight excluding hydrogens is 400 g/mol. The zero-order chi connectivity index (χ0) is 21.0. The Balaban J connectivity index is 1.71. The average Bonchev–Trinajstić information content (AvgIpc) is 3.27. The summed E-state index contributed by atoms with van der Waals surface area (Å²) >= 11 is 1.42. The van der Waals surface area contributed by atoms with Gasteiger partial charge in [0.15, 0.2) is 0 Å². The number of thiophene rings is 1. The van der Waals surface area contributed by atoms with E-state index in [4.69, 9.17) is 9.47 Å². The number of ether oxygens (including phenoxy) is 2. The van der Waals surface area contributed by atoms with Crippen molar-refractivity contribution in [3.8, 4) is 5.88 Å². The van der Waals surface area contributed by atoms with Gasteiger partial charge in [-0.1, -0.05) is 0 Å². The Bertz CT molecular complexity index is 935. The number of nitro groups is 1. The van der Waals surface area contributed by atoms with Crippen molar-refractivity contribution in [2.45, 2.75) is 45.6 Å². The number of esters is 1. The Labute approximate surface area is 170 Å². The van der Waals surface area contributed by atoms with Gasteiger partial charge in [-0.15, -0.1) is 16.4 Å². The van der Waals surface area contributed by atoms with Crippen molar-refractivity contribution < 1.29 is 24.0 Å². The molecule has 0 atom stereocenters. The Hall–Kier alpha value is -2.95. The number of nitrogens with zero attached hydrogens (tertiary/aromatic N) is 3. The van der Waals surface area contributed by atoms with Crippen LogP contribution in [0.5, 0.6) is 5.88 Å². The van der Waals surface area contributed by atoms with Crippen LogP contribution in [-0.4, -0.2) is 40.3 Å². The molecule has 0 spiro atoms. The van der Waals surface area contributed by atoms with Gasteiger partial charge in [0, 0.05) is 11.3 Å². The maximum atomic E-state index is 12.5. The van der Waals surface area contributed by atoms with E-state index in [-0.39, 0.29) is 37.0 Å². The summed E-state index contributed by atoms with van der Waals surface area (Å²) in [5.41, 5.74) is 1.17. The van der Waals surface area contributed by atoms with E-state index in [1.807, 2.05) is 0 Å². The van der Waals surface area contributed by atoms with Crippen LogP contribution in [0.2, 0.25) is 0 Å². The maximum absolute atomic E-state index is 12.5. The Kier molecular flexibility index (Phi) is 6.47. The standard InChI is InChI=1S/C18H22N4O6S/c1-3-28-18(24)15-11-6-4-5-7-13(11)29-17(15)19-14(23)8-9-21-10-12(22(25)26)16(20-21)27-2/h10H,3-9H2,1-2H3,(H,19,23). The normalized spacial score (nSPS) is 12.9. The minimum atomic E-state index is -0.593. The number of amides is 1. The smallest absolute Gasteiger partial charge is 0.350 e. The van der Waals surface area contributed by atoms with Crippen LogP contribution >= 0.6 is 11.3 Å². The van der Waals surface area contributed by atoms with Crippen LogP contribution in [0.1, 0.15) is 47.0 Å². The van der Waals surface area contributed by atoms with E-state index in [1.165, 1.54) is 29.3 Å². The van der Waals surface area contributed by atoms with Gasteiger partial charge in [-0.3, -0.25) is 19.6 Å². The van der Waals surface area contributed by atoms with Crippen LogP contribution in [0.15, 0.2) is 6.20 Å². The molecule has 0 fully saturated rings. The lowest BCUT2D eigenvalue weighted by atomic mass is 9.95. The average molecular weight is 422 g/mol. The molecule has 0 unspecified atom stereocenters. The van der Waals surface area contributed by atoms with Gasteiger partial charge in [-0.25, -0.2) is 4.79 Å². The Morgan fingerprint density at radius 1 is 1.38 bits per heavy atom. The summed E-state index contributed by atoms with van der Waals surface area (Å²) in [6, 6.07) is 0. The van der Waals surface area contributed by atoms with Crippen molar-refractivity contribution >= 4 is 33.9 Å². The first-order valence-electron chi connectivity index (χ1n) is 9.31. The number of aryl methyl sites for hydroxylation is 2. The summed E-state index contributed by atoms with van der Waals surface area (Å²) in [6.45, 7) is 2.14. The minimum absolute atomic E-state index is 0.0345. The number of fused-ring (bicyclic) bond motifs is 1. The fourth-order valence-corrected chi connectivity index (χ4v) is 4.55. The molecule has 1 aliphatic rings. The predicted molar refractivity (Wildman–Crippen MR) is 106 cm³/mol. The third-order valence-electron chi connectivity index (χ3n) is 4.57. The number of aromatic nitrogens is 2. The van der Waals surface area contributed by atoms with Gasteiger partial charge < -0.3 is 14.8 Å². The molecule has 10 nitrogen and oxygen atoms in total. The second-order valence-corrected chi connectivity index (χ2v) is 7.58. The van der Waals surface area contributed by atoms with Crippen LogP contribution in [-0.2, 0) is 28.9 Å². The highest BCUT2D eigenvalue weighted by molar-refractivity contribution is 7.17. The highest BCUT2D eigenvalue weighted by Gasteiger charge is 2.27. The fraction of sp³-hybridized carbons (Fsp3) is 0.500. The molecule has 156 valence electrons. The number of nitrogens with one attached hydrogen (secondary N) is 1. The minimum Gasteiger partial charge on any atom is -0.475 e. The summed E-state index contributed by atoms with van der Waals surface area (Å²) in [4.78, 5) is 36.4. The van der Waals surface area contributed by atoms with E-state index in [9.17, 15) is 19.7 Å². The number of carbonyl (C=O) groups is 2. The summed E-state index contributed by atoms with van der Waals surface area (Å²) < 4.78 is 11.4. The highest BCUT2D eigenvalue weighted by Crippen LogP contribution is 2.38. The lowest BCUT2D eigenvalue weighted by molar-refractivity contribution is -0.385. The van der Waals surface area contributed by atoms with Crippen molar-refractivity contribution in [2.75, 3.05) is 19.0 Å². The van der Waals surface area contributed by atoms with Crippen LogP contribution in [0.4, 0.5) is 10.7 Å². The molecule has 2 aromatic rings. The van der Waals surface area contributed by atoms with E-state index in [1.54, 1.807) is 6.92 Å². The molecule has 1 amide bonds. The van der Waals surface area contributed by atoms with Gasteiger partial charge in [0.1, 0.15) is 11.2 Å².